The van der Waals surface area contributed by atoms with Gasteiger partial charge in [0, 0.05) is 0 Å². The van der Waals surface area contributed by atoms with E-state index in [1.54, 1.807) is 0 Å². The van der Waals surface area contributed by atoms with E-state index in [4.69, 9.17) is 0 Å². The van der Waals surface area contributed by atoms with Crippen LogP contribution in [0.25, 0.3) is 0 Å². The van der Waals surface area contributed by atoms with Gasteiger partial charge >= 0.3 is 0 Å². The van der Waals surface area contributed by atoms with Gasteiger partial charge in [-0.05, 0) is 36.5 Å². The van der Waals surface area contributed by atoms with E-state index < -0.39 is 0 Å². The zero-order chi connectivity index (χ0) is 10.6. The molecule has 3 unspecified atom stereocenters. The van der Waals surface area contributed by atoms with E-state index >= 15 is 0 Å². The maximum Gasteiger partial charge on any atom is -0.0265 e. The maximum atomic E-state index is 3.83. The third-order valence-corrected chi connectivity index (χ3v) is 4.09. The monoisotopic (exact) mass is 194 g/mol. The lowest BCUT2D eigenvalue weighted by Crippen LogP contribution is -1.98. The minimum Gasteiger partial charge on any atom is -0.103 e. The minimum absolute atomic E-state index is 0.712. The van der Waals surface area contributed by atoms with Crippen LogP contribution >= 0.6 is 0 Å². The van der Waals surface area contributed by atoms with Gasteiger partial charge in [-0.2, -0.15) is 0 Å². The van der Waals surface area contributed by atoms with E-state index in [0.29, 0.717) is 5.92 Å². The Balaban J connectivity index is 2.02. The molecule has 0 aromatic rings. The predicted octanol–water partition coefficient (Wildman–Crippen LogP) is 4.81. The third-order valence-electron chi connectivity index (χ3n) is 4.09. The van der Waals surface area contributed by atoms with Crippen molar-refractivity contribution in [2.24, 2.45) is 17.3 Å². The second-order valence-electron chi connectivity index (χ2n) is 5.42. The van der Waals surface area contributed by atoms with Gasteiger partial charge in [-0.3, -0.25) is 0 Å². The number of allylic oxidation sites excluding steroid dienone is 1. The number of rotatable bonds is 7. The molecule has 0 nitrogen and oxygen atoms in total. The molecule has 0 bridgehead atoms. The fourth-order valence-corrected chi connectivity index (χ4v) is 2.56. The van der Waals surface area contributed by atoms with Crippen LogP contribution in [0.3, 0.4) is 0 Å². The fraction of sp³-hybridized carbons (Fsp3) is 0.857. The van der Waals surface area contributed by atoms with Crippen LogP contribution in [-0.4, -0.2) is 0 Å². The van der Waals surface area contributed by atoms with Crippen molar-refractivity contribution in [3.63, 3.8) is 0 Å². The number of hydrogen-bond acceptors (Lipinski definition) is 0. The summed E-state index contributed by atoms with van der Waals surface area (Å²) in [7, 11) is 0. The molecule has 1 aliphatic carbocycles. The molecule has 82 valence electrons. The first kappa shape index (κ1) is 11.8. The Morgan fingerprint density at radius 1 is 1.50 bits per heavy atom. The molecule has 0 aromatic carbocycles. The van der Waals surface area contributed by atoms with Crippen molar-refractivity contribution in [2.45, 2.75) is 59.3 Å². The van der Waals surface area contributed by atoms with Gasteiger partial charge in [-0.1, -0.05) is 46.1 Å². The SMILES string of the molecule is C=CC(C)CCCCC1(C)CC1CC. The summed E-state index contributed by atoms with van der Waals surface area (Å²) >= 11 is 0. The lowest BCUT2D eigenvalue weighted by Gasteiger charge is -2.11. The predicted molar refractivity (Wildman–Crippen MR) is 64.3 cm³/mol. The van der Waals surface area contributed by atoms with Crippen molar-refractivity contribution in [1.29, 1.82) is 0 Å². The highest BCUT2D eigenvalue weighted by Gasteiger charge is 2.47. The van der Waals surface area contributed by atoms with Crippen LogP contribution in [0.5, 0.6) is 0 Å². The summed E-state index contributed by atoms with van der Waals surface area (Å²) in [5.74, 6) is 1.75. The fourth-order valence-electron chi connectivity index (χ4n) is 2.56. The van der Waals surface area contributed by atoms with Crippen molar-refractivity contribution in [3.8, 4) is 0 Å². The Labute approximate surface area is 89.8 Å². The molecule has 3 atom stereocenters. The van der Waals surface area contributed by atoms with Crippen LogP contribution < -0.4 is 0 Å². The Hall–Kier alpha value is -0.260. The van der Waals surface area contributed by atoms with Gasteiger partial charge < -0.3 is 0 Å². The average Bonchev–Trinajstić information content (AvgIpc) is 2.84. The summed E-state index contributed by atoms with van der Waals surface area (Å²) in [4.78, 5) is 0. The summed E-state index contributed by atoms with van der Waals surface area (Å²) in [5.41, 5.74) is 0.728. The van der Waals surface area contributed by atoms with Gasteiger partial charge in [0.2, 0.25) is 0 Å². The first-order valence-electron chi connectivity index (χ1n) is 6.25. The van der Waals surface area contributed by atoms with Crippen LogP contribution in [-0.2, 0) is 0 Å². The Bertz CT molecular complexity index is 182. The van der Waals surface area contributed by atoms with E-state index in [2.05, 4.69) is 33.4 Å². The summed E-state index contributed by atoms with van der Waals surface area (Å²) in [6.45, 7) is 10.9. The molecule has 0 heterocycles. The summed E-state index contributed by atoms with van der Waals surface area (Å²) in [6.07, 6.45) is 10.5. The Morgan fingerprint density at radius 3 is 2.71 bits per heavy atom. The summed E-state index contributed by atoms with van der Waals surface area (Å²) in [5, 5.41) is 0. The van der Waals surface area contributed by atoms with Crippen LogP contribution in [0, 0.1) is 17.3 Å². The van der Waals surface area contributed by atoms with Gasteiger partial charge in [-0.15, -0.1) is 6.58 Å². The maximum absolute atomic E-state index is 3.83. The van der Waals surface area contributed by atoms with Gasteiger partial charge in [0.25, 0.3) is 0 Å². The number of unbranched alkanes of at least 4 members (excludes halogenated alkanes) is 1. The Kier molecular flexibility index (Phi) is 4.22. The van der Waals surface area contributed by atoms with Crippen molar-refractivity contribution >= 4 is 0 Å². The van der Waals surface area contributed by atoms with E-state index in [1.165, 1.54) is 38.5 Å². The van der Waals surface area contributed by atoms with Gasteiger partial charge in [0.1, 0.15) is 0 Å². The van der Waals surface area contributed by atoms with Gasteiger partial charge in [0.05, 0.1) is 0 Å². The molecular weight excluding hydrogens is 168 g/mol. The summed E-state index contributed by atoms with van der Waals surface area (Å²) < 4.78 is 0. The van der Waals surface area contributed by atoms with Crippen molar-refractivity contribution in [2.75, 3.05) is 0 Å². The zero-order valence-electron chi connectivity index (χ0n) is 10.2. The smallest absolute Gasteiger partial charge is 0.0265 e. The van der Waals surface area contributed by atoms with Gasteiger partial charge in [0.15, 0.2) is 0 Å². The highest BCUT2D eigenvalue weighted by Crippen LogP contribution is 2.57. The van der Waals surface area contributed by atoms with E-state index in [-0.39, 0.29) is 0 Å². The summed E-state index contributed by atoms with van der Waals surface area (Å²) in [6, 6.07) is 0. The average molecular weight is 194 g/mol. The first-order chi connectivity index (χ1) is 6.62. The van der Waals surface area contributed by atoms with Crippen LogP contribution in [0.1, 0.15) is 59.3 Å². The molecule has 1 aliphatic rings. The molecule has 0 N–H and O–H groups in total. The van der Waals surface area contributed by atoms with E-state index in [1.807, 2.05) is 0 Å². The minimum atomic E-state index is 0.712. The zero-order valence-corrected chi connectivity index (χ0v) is 10.2. The van der Waals surface area contributed by atoms with E-state index in [9.17, 15) is 0 Å². The third kappa shape index (κ3) is 3.15. The van der Waals surface area contributed by atoms with Gasteiger partial charge in [-0.25, -0.2) is 0 Å². The van der Waals surface area contributed by atoms with Crippen molar-refractivity contribution in [1.82, 2.24) is 0 Å². The largest absolute Gasteiger partial charge is 0.103 e. The standard InChI is InChI=1S/C14H26/c1-5-12(3)9-7-8-10-14(4)11-13(14)6-2/h5,12-13H,1,6-11H2,2-4H3. The molecule has 1 rings (SSSR count). The molecule has 0 radical (unpaired) electrons. The molecule has 0 aliphatic heterocycles. The quantitative estimate of drug-likeness (QED) is 0.403. The molecule has 0 spiro atoms. The van der Waals surface area contributed by atoms with Crippen molar-refractivity contribution in [3.05, 3.63) is 12.7 Å². The molecule has 1 saturated carbocycles. The molecular formula is C14H26. The molecule has 0 amide bonds. The second kappa shape index (κ2) is 5.00. The highest BCUT2D eigenvalue weighted by molar-refractivity contribution is 4.97. The molecule has 0 aromatic heterocycles. The van der Waals surface area contributed by atoms with Crippen LogP contribution in [0.4, 0.5) is 0 Å². The molecule has 0 saturated heterocycles. The van der Waals surface area contributed by atoms with Crippen LogP contribution in [0.2, 0.25) is 0 Å². The normalized spacial score (nSPS) is 32.6. The first-order valence-corrected chi connectivity index (χ1v) is 6.25. The number of hydrogen-bond donors (Lipinski definition) is 0. The lowest BCUT2D eigenvalue weighted by molar-refractivity contribution is 0.419. The molecule has 14 heavy (non-hydrogen) atoms. The highest BCUT2D eigenvalue weighted by atomic mass is 14.5. The molecule has 0 heteroatoms. The Morgan fingerprint density at radius 2 is 2.21 bits per heavy atom. The lowest BCUT2D eigenvalue weighted by atomic mass is 9.95. The van der Waals surface area contributed by atoms with E-state index in [0.717, 1.165) is 11.3 Å². The topological polar surface area (TPSA) is 0 Å². The molecule has 1 fully saturated rings. The van der Waals surface area contributed by atoms with Crippen LogP contribution in [0.15, 0.2) is 12.7 Å². The van der Waals surface area contributed by atoms with Crippen molar-refractivity contribution < 1.29 is 0 Å². The second-order valence-corrected chi connectivity index (χ2v) is 5.42.